The Labute approximate surface area is 121 Å². The van der Waals surface area contributed by atoms with Gasteiger partial charge < -0.3 is 10.5 Å². The van der Waals surface area contributed by atoms with Gasteiger partial charge >= 0.3 is 0 Å². The number of hydrogen-bond donors (Lipinski definition) is 1. The summed E-state index contributed by atoms with van der Waals surface area (Å²) in [5.41, 5.74) is 9.46. The molecule has 0 aliphatic heterocycles. The highest BCUT2D eigenvalue weighted by Gasteiger charge is 2.03. The van der Waals surface area contributed by atoms with Crippen molar-refractivity contribution in [3.05, 3.63) is 65.2 Å². The van der Waals surface area contributed by atoms with Gasteiger partial charge in [-0.2, -0.15) is 0 Å². The molecule has 2 rings (SSSR count). The molecule has 2 N–H and O–H groups in total. The Kier molecular flexibility index (Phi) is 5.19. The number of hydrogen-bond acceptors (Lipinski definition) is 2. The highest BCUT2D eigenvalue weighted by molar-refractivity contribution is 5.31. The molecule has 106 valence electrons. The predicted octanol–water partition coefficient (Wildman–Crippen LogP) is 3.89. The molecule has 0 spiro atoms. The molecule has 2 aromatic carbocycles. The number of nitrogens with two attached hydrogens (primary N) is 1. The first-order valence-corrected chi connectivity index (χ1v) is 7.20. The number of rotatable bonds is 6. The minimum atomic E-state index is 0.550. The average molecular weight is 269 g/mol. The SMILES string of the molecule is CC(C)c1ccc(OCc2ccccc2CCN)cc1. The molecule has 2 aromatic rings. The second-order valence-electron chi connectivity index (χ2n) is 5.32. The molecule has 0 saturated heterocycles. The van der Waals surface area contributed by atoms with Crippen LogP contribution in [0, 0.1) is 0 Å². The summed E-state index contributed by atoms with van der Waals surface area (Å²) in [6.45, 7) is 5.65. The lowest BCUT2D eigenvalue weighted by Crippen LogP contribution is -2.07. The summed E-state index contributed by atoms with van der Waals surface area (Å²) in [6.07, 6.45) is 0.895. The zero-order valence-electron chi connectivity index (χ0n) is 12.3. The number of ether oxygens (including phenoxy) is 1. The van der Waals surface area contributed by atoms with Crippen LogP contribution in [0.4, 0.5) is 0 Å². The van der Waals surface area contributed by atoms with Gasteiger partial charge in [-0.25, -0.2) is 0 Å². The standard InChI is InChI=1S/C18H23NO/c1-14(2)15-7-9-18(10-8-15)20-13-17-6-4-3-5-16(17)11-12-19/h3-10,14H,11-13,19H2,1-2H3. The van der Waals surface area contributed by atoms with Gasteiger partial charge in [-0.1, -0.05) is 50.2 Å². The van der Waals surface area contributed by atoms with E-state index in [1.807, 2.05) is 24.3 Å². The lowest BCUT2D eigenvalue weighted by molar-refractivity contribution is 0.305. The first-order chi connectivity index (χ1) is 9.70. The molecule has 0 aromatic heterocycles. The van der Waals surface area contributed by atoms with Crippen molar-refractivity contribution in [3.8, 4) is 5.75 Å². The van der Waals surface area contributed by atoms with E-state index in [2.05, 4.69) is 38.1 Å². The van der Waals surface area contributed by atoms with E-state index in [0.29, 0.717) is 19.1 Å². The highest BCUT2D eigenvalue weighted by Crippen LogP contribution is 2.20. The molecule has 0 radical (unpaired) electrons. The maximum absolute atomic E-state index is 5.87. The van der Waals surface area contributed by atoms with Crippen molar-refractivity contribution in [1.82, 2.24) is 0 Å². The quantitative estimate of drug-likeness (QED) is 0.863. The third-order valence-electron chi connectivity index (χ3n) is 3.47. The van der Waals surface area contributed by atoms with Crippen molar-refractivity contribution in [1.29, 1.82) is 0 Å². The fourth-order valence-electron chi connectivity index (χ4n) is 2.21. The molecule has 0 atom stereocenters. The molecule has 0 aliphatic carbocycles. The Balaban J connectivity index is 2.01. The minimum Gasteiger partial charge on any atom is -0.489 e. The maximum Gasteiger partial charge on any atom is 0.119 e. The van der Waals surface area contributed by atoms with Crippen LogP contribution in [-0.4, -0.2) is 6.54 Å². The van der Waals surface area contributed by atoms with Gasteiger partial charge in [-0.15, -0.1) is 0 Å². The van der Waals surface area contributed by atoms with E-state index < -0.39 is 0 Å². The first-order valence-electron chi connectivity index (χ1n) is 7.20. The molecule has 0 heterocycles. The summed E-state index contributed by atoms with van der Waals surface area (Å²) in [7, 11) is 0. The van der Waals surface area contributed by atoms with Gasteiger partial charge in [-0.05, 0) is 47.7 Å². The van der Waals surface area contributed by atoms with Crippen LogP contribution in [-0.2, 0) is 13.0 Å². The van der Waals surface area contributed by atoms with Crippen LogP contribution in [0.5, 0.6) is 5.75 Å². The Morgan fingerprint density at radius 1 is 0.950 bits per heavy atom. The highest BCUT2D eigenvalue weighted by atomic mass is 16.5. The average Bonchev–Trinajstić information content (AvgIpc) is 2.47. The smallest absolute Gasteiger partial charge is 0.119 e. The molecule has 2 heteroatoms. The Morgan fingerprint density at radius 2 is 1.60 bits per heavy atom. The summed E-state index contributed by atoms with van der Waals surface area (Å²) in [5.74, 6) is 1.46. The molecule has 0 saturated carbocycles. The van der Waals surface area contributed by atoms with Crippen LogP contribution >= 0.6 is 0 Å². The minimum absolute atomic E-state index is 0.550. The molecule has 0 amide bonds. The number of benzene rings is 2. The normalized spacial score (nSPS) is 10.8. The summed E-state index contributed by atoms with van der Waals surface area (Å²) in [5, 5.41) is 0. The molecule has 0 fully saturated rings. The van der Waals surface area contributed by atoms with Crippen molar-refractivity contribution in [2.45, 2.75) is 32.8 Å². The predicted molar refractivity (Wildman–Crippen MR) is 84.1 cm³/mol. The molecule has 0 aliphatic rings. The third-order valence-corrected chi connectivity index (χ3v) is 3.47. The summed E-state index contributed by atoms with van der Waals surface area (Å²) in [6, 6.07) is 16.7. The lowest BCUT2D eigenvalue weighted by Gasteiger charge is -2.11. The van der Waals surface area contributed by atoms with E-state index in [9.17, 15) is 0 Å². The van der Waals surface area contributed by atoms with Crippen molar-refractivity contribution in [2.75, 3.05) is 6.54 Å². The Hall–Kier alpha value is -1.80. The Bertz CT molecular complexity index is 531. The lowest BCUT2D eigenvalue weighted by atomic mass is 10.0. The van der Waals surface area contributed by atoms with Gasteiger partial charge in [0.2, 0.25) is 0 Å². The summed E-state index contributed by atoms with van der Waals surface area (Å²) >= 11 is 0. The molecule has 2 nitrogen and oxygen atoms in total. The van der Waals surface area contributed by atoms with Crippen LogP contribution in [0.3, 0.4) is 0 Å². The van der Waals surface area contributed by atoms with Crippen LogP contribution in [0.1, 0.15) is 36.5 Å². The third kappa shape index (κ3) is 3.84. The van der Waals surface area contributed by atoms with E-state index in [-0.39, 0.29) is 0 Å². The molecule has 0 unspecified atom stereocenters. The largest absolute Gasteiger partial charge is 0.489 e. The first kappa shape index (κ1) is 14.6. The Morgan fingerprint density at radius 3 is 2.20 bits per heavy atom. The van der Waals surface area contributed by atoms with Crippen LogP contribution in [0.25, 0.3) is 0 Å². The van der Waals surface area contributed by atoms with E-state index in [1.54, 1.807) is 0 Å². The van der Waals surface area contributed by atoms with Crippen LogP contribution in [0.2, 0.25) is 0 Å². The summed E-state index contributed by atoms with van der Waals surface area (Å²) in [4.78, 5) is 0. The van der Waals surface area contributed by atoms with Crippen LogP contribution < -0.4 is 10.5 Å². The maximum atomic E-state index is 5.87. The van der Waals surface area contributed by atoms with E-state index in [4.69, 9.17) is 10.5 Å². The van der Waals surface area contributed by atoms with E-state index >= 15 is 0 Å². The van der Waals surface area contributed by atoms with Crippen molar-refractivity contribution in [3.63, 3.8) is 0 Å². The van der Waals surface area contributed by atoms with E-state index in [1.165, 1.54) is 16.7 Å². The molecular formula is C18H23NO. The second-order valence-corrected chi connectivity index (χ2v) is 5.32. The van der Waals surface area contributed by atoms with E-state index in [0.717, 1.165) is 12.2 Å². The zero-order valence-corrected chi connectivity index (χ0v) is 12.3. The second kappa shape index (κ2) is 7.11. The topological polar surface area (TPSA) is 35.2 Å². The van der Waals surface area contributed by atoms with Gasteiger partial charge in [0.15, 0.2) is 0 Å². The fourth-order valence-corrected chi connectivity index (χ4v) is 2.21. The molecular weight excluding hydrogens is 246 g/mol. The molecule has 0 bridgehead atoms. The summed E-state index contributed by atoms with van der Waals surface area (Å²) < 4.78 is 5.87. The van der Waals surface area contributed by atoms with Gasteiger partial charge in [0.25, 0.3) is 0 Å². The van der Waals surface area contributed by atoms with Crippen molar-refractivity contribution in [2.24, 2.45) is 5.73 Å². The van der Waals surface area contributed by atoms with Crippen molar-refractivity contribution >= 4 is 0 Å². The van der Waals surface area contributed by atoms with Crippen LogP contribution in [0.15, 0.2) is 48.5 Å². The zero-order chi connectivity index (χ0) is 14.4. The molecule has 20 heavy (non-hydrogen) atoms. The van der Waals surface area contributed by atoms with Gasteiger partial charge in [-0.3, -0.25) is 0 Å². The monoisotopic (exact) mass is 269 g/mol. The van der Waals surface area contributed by atoms with Crippen molar-refractivity contribution < 1.29 is 4.74 Å². The fraction of sp³-hybridized carbons (Fsp3) is 0.333. The van der Waals surface area contributed by atoms with Gasteiger partial charge in [0.1, 0.15) is 12.4 Å². The van der Waals surface area contributed by atoms with Gasteiger partial charge in [0.05, 0.1) is 0 Å². The van der Waals surface area contributed by atoms with Gasteiger partial charge in [0, 0.05) is 0 Å².